The zero-order valence-electron chi connectivity index (χ0n) is 24.6. The number of hydroxylamine groups is 2. The lowest BCUT2D eigenvalue weighted by molar-refractivity contribution is -0.156. The van der Waals surface area contributed by atoms with E-state index < -0.39 is 17.4 Å². The second-order valence-electron chi connectivity index (χ2n) is 12.3. The predicted octanol–water partition coefficient (Wildman–Crippen LogP) is 3.53. The van der Waals surface area contributed by atoms with E-state index in [1.165, 1.54) is 11.3 Å². The minimum absolute atomic E-state index is 0.00108. The van der Waals surface area contributed by atoms with Gasteiger partial charge in [-0.2, -0.15) is 0 Å². The number of hydrogen-bond acceptors (Lipinski definition) is 7. The lowest BCUT2D eigenvalue weighted by Crippen LogP contribution is -2.58. The van der Waals surface area contributed by atoms with E-state index in [1.54, 1.807) is 19.1 Å². The molecule has 1 aliphatic heterocycles. The Hall–Kier alpha value is -2.50. The zero-order chi connectivity index (χ0) is 29.4. The second-order valence-corrected chi connectivity index (χ2v) is 13.5. The van der Waals surface area contributed by atoms with Gasteiger partial charge in [0.1, 0.15) is 6.04 Å². The maximum absolute atomic E-state index is 13.8. The van der Waals surface area contributed by atoms with Gasteiger partial charge in [-0.05, 0) is 42.7 Å². The Kier molecular flexibility index (Phi) is 11.5. The number of likely N-dealkylation sites (tertiary alicyclic amines) is 1. The molecule has 224 valence electrons. The highest BCUT2D eigenvalue weighted by atomic mass is 32.1. The van der Waals surface area contributed by atoms with Gasteiger partial charge < -0.3 is 19.9 Å². The highest BCUT2D eigenvalue weighted by molar-refractivity contribution is 7.14. The Morgan fingerprint density at radius 3 is 2.40 bits per heavy atom. The second kappa shape index (κ2) is 14.4. The predicted molar refractivity (Wildman–Crippen MR) is 153 cm³/mol. The molecule has 1 saturated heterocycles. The third-order valence-corrected chi connectivity index (χ3v) is 9.24. The van der Waals surface area contributed by atoms with Crippen LogP contribution < -0.4 is 5.32 Å². The summed E-state index contributed by atoms with van der Waals surface area (Å²) in [6.45, 7) is 7.23. The Morgan fingerprint density at radius 1 is 1.18 bits per heavy atom. The molecule has 1 unspecified atom stereocenters. The summed E-state index contributed by atoms with van der Waals surface area (Å²) in [6, 6.07) is 2.93. The Balaban J connectivity index is 1.63. The van der Waals surface area contributed by atoms with E-state index >= 15 is 0 Å². The van der Waals surface area contributed by atoms with Gasteiger partial charge in [0.05, 0.1) is 23.9 Å². The Bertz CT molecular complexity index is 1010. The van der Waals surface area contributed by atoms with Crippen LogP contribution in [0.25, 0.3) is 0 Å². The van der Waals surface area contributed by atoms with Crippen molar-refractivity contribution in [1.29, 1.82) is 0 Å². The molecular weight excluding hydrogens is 532 g/mol. The molecule has 0 bridgehead atoms. The van der Waals surface area contributed by atoms with Crippen molar-refractivity contribution in [3.63, 3.8) is 0 Å². The average molecular weight is 579 g/mol. The van der Waals surface area contributed by atoms with Gasteiger partial charge in [0.2, 0.25) is 18.2 Å². The highest BCUT2D eigenvalue weighted by Gasteiger charge is 2.39. The molecule has 1 aromatic rings. The van der Waals surface area contributed by atoms with Crippen LogP contribution in [0.2, 0.25) is 0 Å². The SMILES string of the molecule is COCc1ccc(C(=O)N2CCC(N(C)C(=O)[C@@H](NC(=O)C(CC3CCCC3)CN(O)C=O)C(C)(C)C)CC2)s1. The number of likely N-dealkylation sites (N-methyl/N-ethyl adjacent to an activating group) is 1. The molecule has 3 rings (SSSR count). The van der Waals surface area contributed by atoms with Crippen LogP contribution in [-0.2, 0) is 25.7 Å². The van der Waals surface area contributed by atoms with Crippen molar-refractivity contribution in [2.45, 2.75) is 84.4 Å². The van der Waals surface area contributed by atoms with Crippen LogP contribution in [-0.4, -0.2) is 90.1 Å². The van der Waals surface area contributed by atoms with Crippen LogP contribution in [0.15, 0.2) is 12.1 Å². The average Bonchev–Trinajstić information content (AvgIpc) is 3.62. The van der Waals surface area contributed by atoms with Gasteiger partial charge in [-0.3, -0.25) is 24.4 Å². The Morgan fingerprint density at radius 2 is 1.82 bits per heavy atom. The van der Waals surface area contributed by atoms with Crippen molar-refractivity contribution >= 4 is 35.5 Å². The van der Waals surface area contributed by atoms with Crippen LogP contribution in [0.1, 0.15) is 80.3 Å². The fourth-order valence-electron chi connectivity index (χ4n) is 5.80. The number of methoxy groups -OCH3 is 1. The van der Waals surface area contributed by atoms with E-state index in [4.69, 9.17) is 4.74 Å². The van der Waals surface area contributed by atoms with E-state index in [9.17, 15) is 24.4 Å². The molecule has 11 heteroatoms. The number of carbonyl (C=O) groups is 4. The van der Waals surface area contributed by atoms with Crippen LogP contribution in [0.4, 0.5) is 0 Å². The van der Waals surface area contributed by atoms with Gasteiger partial charge in [-0.25, -0.2) is 5.06 Å². The summed E-state index contributed by atoms with van der Waals surface area (Å²) in [5.41, 5.74) is -0.557. The van der Waals surface area contributed by atoms with Crippen molar-refractivity contribution in [3.05, 3.63) is 21.9 Å². The molecule has 2 fully saturated rings. The van der Waals surface area contributed by atoms with Crippen LogP contribution in [0.5, 0.6) is 0 Å². The molecule has 40 heavy (non-hydrogen) atoms. The number of ether oxygens (including phenoxy) is 1. The molecular formula is C29H46N4O6S. The Labute approximate surface area is 242 Å². The molecule has 2 atom stereocenters. The highest BCUT2D eigenvalue weighted by Crippen LogP contribution is 2.31. The van der Waals surface area contributed by atoms with Crippen LogP contribution in [0.3, 0.4) is 0 Å². The fraction of sp³-hybridized carbons (Fsp3) is 0.724. The largest absolute Gasteiger partial charge is 0.379 e. The maximum Gasteiger partial charge on any atom is 0.263 e. The molecule has 10 nitrogen and oxygen atoms in total. The van der Waals surface area contributed by atoms with E-state index in [1.807, 2.05) is 37.8 Å². The van der Waals surface area contributed by atoms with E-state index in [0.29, 0.717) is 61.2 Å². The minimum atomic E-state index is -0.774. The van der Waals surface area contributed by atoms with Crippen molar-refractivity contribution in [1.82, 2.24) is 20.2 Å². The monoisotopic (exact) mass is 578 g/mol. The summed E-state index contributed by atoms with van der Waals surface area (Å²) in [5.74, 6) is -0.725. The van der Waals surface area contributed by atoms with E-state index in [-0.39, 0.29) is 30.3 Å². The molecule has 2 N–H and O–H groups in total. The fourth-order valence-corrected chi connectivity index (χ4v) is 6.75. The maximum atomic E-state index is 13.8. The number of nitrogens with one attached hydrogen (secondary N) is 1. The molecule has 0 aromatic carbocycles. The quantitative estimate of drug-likeness (QED) is 0.223. The number of hydrogen-bond donors (Lipinski definition) is 2. The lowest BCUT2D eigenvalue weighted by atomic mass is 9.84. The number of rotatable bonds is 12. The molecule has 0 spiro atoms. The summed E-state index contributed by atoms with van der Waals surface area (Å²) in [5, 5.41) is 13.3. The number of nitrogens with zero attached hydrogens (tertiary/aromatic N) is 3. The zero-order valence-corrected chi connectivity index (χ0v) is 25.4. The topological polar surface area (TPSA) is 119 Å². The van der Waals surface area contributed by atoms with Gasteiger partial charge in [0, 0.05) is 38.2 Å². The molecule has 1 aromatic heterocycles. The summed E-state index contributed by atoms with van der Waals surface area (Å²) < 4.78 is 5.16. The minimum Gasteiger partial charge on any atom is -0.379 e. The van der Waals surface area contributed by atoms with E-state index in [2.05, 4.69) is 5.32 Å². The number of piperidine rings is 1. The third kappa shape index (κ3) is 8.50. The normalized spacial score (nSPS) is 18.3. The van der Waals surface area contributed by atoms with E-state index in [0.717, 1.165) is 30.6 Å². The van der Waals surface area contributed by atoms with Gasteiger partial charge in [0.25, 0.3) is 5.91 Å². The summed E-state index contributed by atoms with van der Waals surface area (Å²) >= 11 is 1.44. The van der Waals surface area contributed by atoms with Crippen molar-refractivity contribution in [2.24, 2.45) is 17.3 Å². The van der Waals surface area contributed by atoms with Crippen molar-refractivity contribution in [2.75, 3.05) is 33.8 Å². The first kappa shape index (κ1) is 32.0. The van der Waals surface area contributed by atoms with Gasteiger partial charge >= 0.3 is 0 Å². The van der Waals surface area contributed by atoms with Crippen LogP contribution in [0, 0.1) is 17.3 Å². The first-order valence-corrected chi connectivity index (χ1v) is 15.1. The van der Waals surface area contributed by atoms with Gasteiger partial charge in [-0.15, -0.1) is 11.3 Å². The van der Waals surface area contributed by atoms with Crippen molar-refractivity contribution in [3.8, 4) is 0 Å². The first-order valence-electron chi connectivity index (χ1n) is 14.3. The number of carbonyl (C=O) groups excluding carboxylic acids is 4. The molecule has 1 saturated carbocycles. The smallest absolute Gasteiger partial charge is 0.263 e. The van der Waals surface area contributed by atoms with Crippen LogP contribution >= 0.6 is 11.3 Å². The van der Waals surface area contributed by atoms with Gasteiger partial charge in [0.15, 0.2) is 0 Å². The van der Waals surface area contributed by atoms with Crippen molar-refractivity contribution < 1.29 is 29.1 Å². The first-order chi connectivity index (χ1) is 18.9. The molecule has 2 heterocycles. The third-order valence-electron chi connectivity index (χ3n) is 8.20. The molecule has 0 radical (unpaired) electrons. The summed E-state index contributed by atoms with van der Waals surface area (Å²) in [4.78, 5) is 56.6. The number of amides is 4. The molecule has 1 aliphatic carbocycles. The summed E-state index contributed by atoms with van der Waals surface area (Å²) in [6.07, 6.45) is 6.48. The molecule has 2 aliphatic rings. The van der Waals surface area contributed by atoms with Gasteiger partial charge in [-0.1, -0.05) is 46.5 Å². The lowest BCUT2D eigenvalue weighted by Gasteiger charge is -2.40. The standard InChI is InChI=1S/C29H46N4O6S/c1-29(2,3)25(30-26(35)21(17-33(38)19-34)16-20-8-6-7-9-20)28(37)31(4)22-12-14-32(15-13-22)27(36)24-11-10-23(40-24)18-39-5/h10-11,19-22,25,38H,6-9,12-18H2,1-5H3,(H,30,35)/t21?,25-/m1/s1. The molecule has 4 amide bonds. The summed E-state index contributed by atoms with van der Waals surface area (Å²) in [7, 11) is 3.40. The number of thiophene rings is 1.